The van der Waals surface area contributed by atoms with Gasteiger partial charge in [0.15, 0.2) is 0 Å². The van der Waals surface area contributed by atoms with Crippen LogP contribution in [-0.2, 0) is 21.3 Å². The van der Waals surface area contributed by atoms with Crippen LogP contribution in [0.4, 0.5) is 5.69 Å². The van der Waals surface area contributed by atoms with E-state index in [1.165, 1.54) is 4.31 Å². The molecule has 2 aromatic rings. The molecule has 0 unspecified atom stereocenters. The van der Waals surface area contributed by atoms with Gasteiger partial charge in [-0.15, -0.1) is 0 Å². The van der Waals surface area contributed by atoms with Crippen molar-refractivity contribution in [2.75, 3.05) is 32.0 Å². The second-order valence-electron chi connectivity index (χ2n) is 6.42. The van der Waals surface area contributed by atoms with Gasteiger partial charge >= 0.3 is 0 Å². The van der Waals surface area contributed by atoms with Gasteiger partial charge in [-0.1, -0.05) is 18.2 Å². The summed E-state index contributed by atoms with van der Waals surface area (Å²) in [7, 11) is -3.51. The zero-order chi connectivity index (χ0) is 19.4. The predicted octanol–water partition coefficient (Wildman–Crippen LogP) is 1.53. The fourth-order valence-corrected chi connectivity index (χ4v) is 4.29. The van der Waals surface area contributed by atoms with Crippen LogP contribution in [0.2, 0.25) is 0 Å². The molecule has 3 N–H and O–H groups in total. The average Bonchev–Trinajstić information content (AvgIpc) is 2.69. The van der Waals surface area contributed by atoms with Crippen LogP contribution in [0.3, 0.4) is 0 Å². The number of sulfonamides is 1. The Morgan fingerprint density at radius 1 is 1.15 bits per heavy atom. The van der Waals surface area contributed by atoms with Crippen molar-refractivity contribution in [3.05, 3.63) is 59.2 Å². The molecule has 1 fully saturated rings. The van der Waals surface area contributed by atoms with Crippen LogP contribution in [-0.4, -0.2) is 44.9 Å². The van der Waals surface area contributed by atoms with E-state index in [9.17, 15) is 13.2 Å². The number of nitrogens with one attached hydrogen (secondary N) is 1. The third kappa shape index (κ3) is 4.47. The molecule has 3 rings (SSSR count). The van der Waals surface area contributed by atoms with Gasteiger partial charge in [0, 0.05) is 30.9 Å². The molecule has 144 valence electrons. The Morgan fingerprint density at radius 2 is 1.81 bits per heavy atom. The predicted molar refractivity (Wildman–Crippen MR) is 103 cm³/mol. The number of nitrogens with two attached hydrogens (primary N) is 1. The maximum atomic E-state index is 12.6. The van der Waals surface area contributed by atoms with Gasteiger partial charge in [0.1, 0.15) is 0 Å². The Kier molecular flexibility index (Phi) is 5.79. The average molecular weight is 389 g/mol. The largest absolute Gasteiger partial charge is 0.399 e. The van der Waals surface area contributed by atoms with Gasteiger partial charge in [-0.05, 0) is 42.3 Å². The molecule has 0 radical (unpaired) electrons. The highest BCUT2D eigenvalue weighted by Crippen LogP contribution is 2.18. The second-order valence-corrected chi connectivity index (χ2v) is 8.36. The second kappa shape index (κ2) is 8.08. The maximum Gasteiger partial charge on any atom is 0.251 e. The molecule has 1 saturated heterocycles. The van der Waals surface area contributed by atoms with E-state index in [0.717, 1.165) is 11.1 Å². The number of carbonyl (C=O) groups excluding carboxylic acids is 1. The molecule has 1 aliphatic rings. The first-order chi connectivity index (χ1) is 12.9. The lowest BCUT2D eigenvalue weighted by molar-refractivity contribution is 0.0730. The molecule has 2 aromatic carbocycles. The number of amides is 1. The quantitative estimate of drug-likeness (QED) is 0.755. The number of nitrogens with zero attached hydrogens (tertiary/aromatic N) is 1. The smallest absolute Gasteiger partial charge is 0.251 e. The van der Waals surface area contributed by atoms with Gasteiger partial charge in [0.25, 0.3) is 5.91 Å². The van der Waals surface area contributed by atoms with Crippen LogP contribution in [0.25, 0.3) is 0 Å². The first kappa shape index (κ1) is 19.3. The van der Waals surface area contributed by atoms with E-state index in [2.05, 4.69) is 5.32 Å². The summed E-state index contributed by atoms with van der Waals surface area (Å²) in [5.41, 5.74) is 8.46. The van der Waals surface area contributed by atoms with Crippen LogP contribution in [0.15, 0.2) is 47.4 Å². The van der Waals surface area contributed by atoms with Crippen molar-refractivity contribution in [2.45, 2.75) is 18.4 Å². The summed E-state index contributed by atoms with van der Waals surface area (Å²) in [4.78, 5) is 12.6. The normalized spacial score (nSPS) is 15.4. The number of hydrogen-bond acceptors (Lipinski definition) is 5. The highest BCUT2D eigenvalue weighted by molar-refractivity contribution is 7.89. The minimum absolute atomic E-state index is 0.218. The number of benzene rings is 2. The number of hydrogen-bond donors (Lipinski definition) is 2. The first-order valence-electron chi connectivity index (χ1n) is 8.69. The third-order valence-corrected chi connectivity index (χ3v) is 6.40. The summed E-state index contributed by atoms with van der Waals surface area (Å²) in [6.45, 7) is 3.68. The Morgan fingerprint density at radius 3 is 2.48 bits per heavy atom. The van der Waals surface area contributed by atoms with Crippen molar-refractivity contribution in [2.24, 2.45) is 0 Å². The number of carbonyl (C=O) groups is 1. The Balaban J connectivity index is 1.65. The molecule has 0 bridgehead atoms. The molecule has 7 nitrogen and oxygen atoms in total. The minimum Gasteiger partial charge on any atom is -0.399 e. The lowest BCUT2D eigenvalue weighted by Crippen LogP contribution is -2.40. The molecular formula is C19H23N3O4S. The summed E-state index contributed by atoms with van der Waals surface area (Å²) in [6, 6.07) is 11.7. The number of aryl methyl sites for hydroxylation is 1. The SMILES string of the molecule is Cc1ccc(N)cc1C(=O)NCc1ccc(S(=O)(=O)N2CCOCC2)cc1. The molecule has 0 aromatic heterocycles. The van der Waals surface area contributed by atoms with Crippen molar-refractivity contribution in [1.29, 1.82) is 0 Å². The number of rotatable bonds is 5. The summed E-state index contributed by atoms with van der Waals surface area (Å²) >= 11 is 0. The van der Waals surface area contributed by atoms with Gasteiger partial charge in [-0.25, -0.2) is 8.42 Å². The van der Waals surface area contributed by atoms with Crippen LogP contribution < -0.4 is 11.1 Å². The monoisotopic (exact) mass is 389 g/mol. The zero-order valence-electron chi connectivity index (χ0n) is 15.1. The number of nitrogen functional groups attached to an aromatic ring is 1. The van der Waals surface area contributed by atoms with Crippen LogP contribution in [0, 0.1) is 6.92 Å². The highest BCUT2D eigenvalue weighted by atomic mass is 32.2. The molecule has 1 amide bonds. The van der Waals surface area contributed by atoms with Crippen LogP contribution >= 0.6 is 0 Å². The summed E-state index contributed by atoms with van der Waals surface area (Å²) in [6.07, 6.45) is 0. The van der Waals surface area contributed by atoms with Crippen molar-refractivity contribution >= 4 is 21.6 Å². The van der Waals surface area contributed by atoms with E-state index in [1.807, 2.05) is 6.92 Å². The lowest BCUT2D eigenvalue weighted by Gasteiger charge is -2.26. The summed E-state index contributed by atoms with van der Waals surface area (Å²) < 4.78 is 31.8. The van der Waals surface area contributed by atoms with E-state index in [0.29, 0.717) is 44.1 Å². The molecule has 8 heteroatoms. The molecule has 1 aliphatic heterocycles. The highest BCUT2D eigenvalue weighted by Gasteiger charge is 2.26. The Labute approximate surface area is 159 Å². The van der Waals surface area contributed by atoms with Gasteiger partial charge in [-0.3, -0.25) is 4.79 Å². The van der Waals surface area contributed by atoms with Gasteiger partial charge in [-0.2, -0.15) is 4.31 Å². The Bertz CT molecular complexity index is 920. The molecule has 0 spiro atoms. The Hall–Kier alpha value is -2.42. The molecule has 27 heavy (non-hydrogen) atoms. The van der Waals surface area contributed by atoms with E-state index in [-0.39, 0.29) is 10.8 Å². The van der Waals surface area contributed by atoms with E-state index < -0.39 is 10.0 Å². The molecular weight excluding hydrogens is 366 g/mol. The zero-order valence-corrected chi connectivity index (χ0v) is 16.0. The molecule has 0 saturated carbocycles. The van der Waals surface area contributed by atoms with Crippen molar-refractivity contribution in [3.63, 3.8) is 0 Å². The first-order valence-corrected chi connectivity index (χ1v) is 10.1. The topological polar surface area (TPSA) is 102 Å². The van der Waals surface area contributed by atoms with Crippen molar-refractivity contribution in [3.8, 4) is 0 Å². The van der Waals surface area contributed by atoms with E-state index in [4.69, 9.17) is 10.5 Å². The van der Waals surface area contributed by atoms with Gasteiger partial charge in [0.2, 0.25) is 10.0 Å². The van der Waals surface area contributed by atoms with Crippen molar-refractivity contribution in [1.82, 2.24) is 9.62 Å². The van der Waals surface area contributed by atoms with Crippen LogP contribution in [0.5, 0.6) is 0 Å². The fourth-order valence-electron chi connectivity index (χ4n) is 2.88. The lowest BCUT2D eigenvalue weighted by atomic mass is 10.1. The third-order valence-electron chi connectivity index (χ3n) is 4.49. The van der Waals surface area contributed by atoms with Gasteiger partial charge < -0.3 is 15.8 Å². The van der Waals surface area contributed by atoms with Gasteiger partial charge in [0.05, 0.1) is 18.1 Å². The van der Waals surface area contributed by atoms with E-state index in [1.54, 1.807) is 42.5 Å². The molecule has 0 aliphatic carbocycles. The summed E-state index contributed by atoms with van der Waals surface area (Å²) in [5, 5.41) is 2.83. The number of morpholine rings is 1. The standard InChI is InChI=1S/C19H23N3O4S/c1-14-2-5-16(20)12-18(14)19(23)21-13-15-3-6-17(7-4-15)27(24,25)22-8-10-26-11-9-22/h2-7,12H,8-11,13,20H2,1H3,(H,21,23). The fraction of sp³-hybridized carbons (Fsp3) is 0.316. The molecule has 1 heterocycles. The van der Waals surface area contributed by atoms with Crippen LogP contribution in [0.1, 0.15) is 21.5 Å². The number of ether oxygens (including phenoxy) is 1. The molecule has 0 atom stereocenters. The summed E-state index contributed by atoms with van der Waals surface area (Å²) in [5.74, 6) is -0.218. The van der Waals surface area contributed by atoms with E-state index >= 15 is 0 Å². The number of anilines is 1. The van der Waals surface area contributed by atoms with Crippen molar-refractivity contribution < 1.29 is 17.9 Å². The maximum absolute atomic E-state index is 12.6. The minimum atomic E-state index is -3.51.